The molecule has 1 heterocycles. The van der Waals surface area contributed by atoms with Crippen LogP contribution in [0.2, 0.25) is 5.02 Å². The first-order valence-electron chi connectivity index (χ1n) is 8.75. The lowest BCUT2D eigenvalue weighted by Crippen LogP contribution is -2.45. The number of nitrogens with one attached hydrogen (secondary N) is 2. The van der Waals surface area contributed by atoms with Gasteiger partial charge in [0.25, 0.3) is 0 Å². The van der Waals surface area contributed by atoms with E-state index in [1.165, 1.54) is 5.69 Å². The minimum Gasteiger partial charge on any atom is -0.369 e. The van der Waals surface area contributed by atoms with Gasteiger partial charge in [-0.1, -0.05) is 18.5 Å². The SMILES string of the molecule is CCCNC(=NCC(=O)N(C)C)NC1CCN(c2ccc(Cl)cc2)C1. The summed E-state index contributed by atoms with van der Waals surface area (Å²) in [6.45, 7) is 4.97. The van der Waals surface area contributed by atoms with Gasteiger partial charge >= 0.3 is 0 Å². The lowest BCUT2D eigenvalue weighted by atomic mass is 10.2. The van der Waals surface area contributed by atoms with E-state index in [0.717, 1.165) is 37.5 Å². The highest BCUT2D eigenvalue weighted by atomic mass is 35.5. The van der Waals surface area contributed by atoms with E-state index >= 15 is 0 Å². The van der Waals surface area contributed by atoms with E-state index in [0.29, 0.717) is 12.0 Å². The molecule has 1 aliphatic rings. The topological polar surface area (TPSA) is 60.0 Å². The number of hydrogen-bond donors (Lipinski definition) is 2. The molecule has 1 aromatic carbocycles. The number of likely N-dealkylation sites (N-methyl/N-ethyl adjacent to an activating group) is 1. The van der Waals surface area contributed by atoms with Gasteiger partial charge in [0, 0.05) is 50.5 Å². The van der Waals surface area contributed by atoms with Gasteiger partial charge in [-0.15, -0.1) is 0 Å². The number of nitrogens with zero attached hydrogens (tertiary/aromatic N) is 3. The molecule has 0 radical (unpaired) electrons. The fourth-order valence-electron chi connectivity index (χ4n) is 2.64. The van der Waals surface area contributed by atoms with E-state index in [2.05, 4.69) is 27.4 Å². The van der Waals surface area contributed by atoms with Crippen molar-refractivity contribution in [1.82, 2.24) is 15.5 Å². The summed E-state index contributed by atoms with van der Waals surface area (Å²) < 4.78 is 0. The number of rotatable bonds is 6. The summed E-state index contributed by atoms with van der Waals surface area (Å²) >= 11 is 5.96. The predicted molar refractivity (Wildman–Crippen MR) is 104 cm³/mol. The van der Waals surface area contributed by atoms with E-state index in [-0.39, 0.29) is 12.5 Å². The average molecular weight is 366 g/mol. The molecule has 138 valence electrons. The number of carbonyl (C=O) groups excluding carboxylic acids is 1. The summed E-state index contributed by atoms with van der Waals surface area (Å²) in [5.41, 5.74) is 1.18. The lowest BCUT2D eigenvalue weighted by Gasteiger charge is -2.20. The molecule has 1 aromatic rings. The van der Waals surface area contributed by atoms with Crippen LogP contribution in [0.15, 0.2) is 29.3 Å². The Morgan fingerprint density at radius 2 is 2.08 bits per heavy atom. The zero-order valence-corrected chi connectivity index (χ0v) is 16.0. The molecule has 1 saturated heterocycles. The van der Waals surface area contributed by atoms with Crippen LogP contribution in [0.25, 0.3) is 0 Å². The maximum Gasteiger partial charge on any atom is 0.243 e. The second kappa shape index (κ2) is 9.51. The molecule has 1 amide bonds. The minimum atomic E-state index is -0.00758. The highest BCUT2D eigenvalue weighted by Crippen LogP contribution is 2.22. The summed E-state index contributed by atoms with van der Waals surface area (Å²) in [6, 6.07) is 8.23. The number of benzene rings is 1. The maximum absolute atomic E-state index is 11.8. The highest BCUT2D eigenvalue weighted by molar-refractivity contribution is 6.30. The summed E-state index contributed by atoms with van der Waals surface area (Å²) in [4.78, 5) is 20.1. The Hall–Kier alpha value is -1.95. The van der Waals surface area contributed by atoms with Gasteiger partial charge in [-0.2, -0.15) is 0 Å². The Morgan fingerprint density at radius 1 is 1.36 bits per heavy atom. The van der Waals surface area contributed by atoms with Crippen LogP contribution in [0.5, 0.6) is 0 Å². The maximum atomic E-state index is 11.8. The molecule has 0 aromatic heterocycles. The third-order valence-corrected chi connectivity index (χ3v) is 4.39. The van der Waals surface area contributed by atoms with Crippen LogP contribution >= 0.6 is 11.6 Å². The van der Waals surface area contributed by atoms with E-state index < -0.39 is 0 Å². The fraction of sp³-hybridized carbons (Fsp3) is 0.556. The molecule has 0 spiro atoms. The standard InChI is InChI=1S/C18H28ClN5O/c1-4-10-20-18(21-12-17(25)23(2)3)22-15-9-11-24(13-15)16-7-5-14(19)6-8-16/h5-8,15H,4,9-13H2,1-3H3,(H2,20,21,22). The van der Waals surface area contributed by atoms with E-state index in [1.54, 1.807) is 19.0 Å². The summed E-state index contributed by atoms with van der Waals surface area (Å²) in [6.07, 6.45) is 2.03. The van der Waals surface area contributed by atoms with Crippen LogP contribution in [0.3, 0.4) is 0 Å². The molecule has 6 nitrogen and oxygen atoms in total. The van der Waals surface area contributed by atoms with Gasteiger partial charge in [0.1, 0.15) is 6.54 Å². The van der Waals surface area contributed by atoms with Crippen LogP contribution in [-0.2, 0) is 4.79 Å². The Kier molecular flexibility index (Phi) is 7.37. The van der Waals surface area contributed by atoms with Crippen LogP contribution < -0.4 is 15.5 Å². The van der Waals surface area contributed by atoms with Gasteiger partial charge in [-0.3, -0.25) is 4.79 Å². The number of amides is 1. The molecule has 0 bridgehead atoms. The molecular formula is C18H28ClN5O. The fourth-order valence-corrected chi connectivity index (χ4v) is 2.77. The van der Waals surface area contributed by atoms with E-state index in [1.807, 2.05) is 24.3 Å². The van der Waals surface area contributed by atoms with Crippen molar-refractivity contribution in [2.75, 3.05) is 45.2 Å². The molecule has 7 heteroatoms. The van der Waals surface area contributed by atoms with E-state index in [4.69, 9.17) is 11.6 Å². The van der Waals surface area contributed by atoms with Crippen molar-refractivity contribution in [3.63, 3.8) is 0 Å². The van der Waals surface area contributed by atoms with Crippen molar-refractivity contribution in [3.05, 3.63) is 29.3 Å². The lowest BCUT2D eigenvalue weighted by molar-refractivity contribution is -0.127. The van der Waals surface area contributed by atoms with Crippen LogP contribution in [-0.4, -0.2) is 63.1 Å². The molecule has 1 unspecified atom stereocenters. The van der Waals surface area contributed by atoms with Crippen molar-refractivity contribution in [2.45, 2.75) is 25.8 Å². The van der Waals surface area contributed by atoms with Crippen molar-refractivity contribution < 1.29 is 4.79 Å². The smallest absolute Gasteiger partial charge is 0.243 e. The zero-order chi connectivity index (χ0) is 18.2. The molecule has 1 fully saturated rings. The third kappa shape index (κ3) is 6.12. The average Bonchev–Trinajstić information content (AvgIpc) is 3.06. The van der Waals surface area contributed by atoms with Gasteiger partial charge in [0.05, 0.1) is 0 Å². The Morgan fingerprint density at radius 3 is 2.72 bits per heavy atom. The minimum absolute atomic E-state index is 0.00758. The van der Waals surface area contributed by atoms with Gasteiger partial charge in [-0.25, -0.2) is 4.99 Å². The Bertz CT molecular complexity index is 588. The normalized spacial score (nSPS) is 17.5. The number of halogens is 1. The molecule has 0 aliphatic carbocycles. The van der Waals surface area contributed by atoms with Crippen molar-refractivity contribution in [2.24, 2.45) is 4.99 Å². The van der Waals surface area contributed by atoms with Gasteiger partial charge in [0.15, 0.2) is 5.96 Å². The summed E-state index contributed by atoms with van der Waals surface area (Å²) in [7, 11) is 3.48. The van der Waals surface area contributed by atoms with Crippen LogP contribution in [0.4, 0.5) is 5.69 Å². The zero-order valence-electron chi connectivity index (χ0n) is 15.3. The molecule has 1 aliphatic heterocycles. The number of guanidine groups is 1. The number of carbonyl (C=O) groups is 1. The third-order valence-electron chi connectivity index (χ3n) is 4.13. The second-order valence-electron chi connectivity index (χ2n) is 6.43. The monoisotopic (exact) mass is 365 g/mol. The first-order chi connectivity index (χ1) is 12.0. The van der Waals surface area contributed by atoms with Crippen molar-refractivity contribution >= 4 is 29.2 Å². The molecule has 2 rings (SSSR count). The van der Waals surface area contributed by atoms with Gasteiger partial charge < -0.3 is 20.4 Å². The first kappa shape index (κ1) is 19.4. The first-order valence-corrected chi connectivity index (χ1v) is 9.13. The molecular weight excluding hydrogens is 338 g/mol. The van der Waals surface area contributed by atoms with Crippen LogP contribution in [0, 0.1) is 0 Å². The summed E-state index contributed by atoms with van der Waals surface area (Å²) in [5.74, 6) is 0.701. The molecule has 25 heavy (non-hydrogen) atoms. The highest BCUT2D eigenvalue weighted by Gasteiger charge is 2.23. The largest absolute Gasteiger partial charge is 0.369 e. The van der Waals surface area contributed by atoms with Crippen molar-refractivity contribution in [1.29, 1.82) is 0 Å². The molecule has 2 N–H and O–H groups in total. The predicted octanol–water partition coefficient (Wildman–Crippen LogP) is 1.95. The molecule has 0 saturated carbocycles. The van der Waals surface area contributed by atoms with Gasteiger partial charge in [-0.05, 0) is 37.1 Å². The van der Waals surface area contributed by atoms with Gasteiger partial charge in [0.2, 0.25) is 5.91 Å². The Balaban J connectivity index is 1.93. The molecule has 1 atom stereocenters. The number of aliphatic imine (C=N–C) groups is 1. The van der Waals surface area contributed by atoms with Crippen molar-refractivity contribution in [3.8, 4) is 0 Å². The number of hydrogen-bond acceptors (Lipinski definition) is 3. The summed E-state index contributed by atoms with van der Waals surface area (Å²) in [5, 5.41) is 7.49. The van der Waals surface area contributed by atoms with E-state index in [9.17, 15) is 4.79 Å². The second-order valence-corrected chi connectivity index (χ2v) is 6.87. The number of anilines is 1. The van der Waals surface area contributed by atoms with Crippen LogP contribution in [0.1, 0.15) is 19.8 Å². The Labute approximate surface area is 155 Å². The quantitative estimate of drug-likeness (QED) is 0.597.